The van der Waals surface area contributed by atoms with E-state index in [-0.39, 0.29) is 23.5 Å². The molecule has 13 heteroatoms. The molecule has 2 atom stereocenters. The van der Waals surface area contributed by atoms with Crippen LogP contribution in [0.4, 0.5) is 0 Å². The molecular weight excluding hydrogens is 543 g/mol. The van der Waals surface area contributed by atoms with E-state index in [1.807, 2.05) is 30.3 Å². The topological polar surface area (TPSA) is 136 Å². The molecule has 0 amide bonds. The SMILES string of the molecule is O=C(O)c1nnn2c1CCC2c1ccc(Cl)c(Cl)c1.O=C(O)c1nnn2c1CCC2c1ccccc1Cl. The molecule has 0 radical (unpaired) electrons. The van der Waals surface area contributed by atoms with Gasteiger partial charge in [-0.3, -0.25) is 0 Å². The van der Waals surface area contributed by atoms with Gasteiger partial charge in [0.1, 0.15) is 0 Å². The molecular formula is C24H19Cl3N6O4. The van der Waals surface area contributed by atoms with Gasteiger partial charge in [0.2, 0.25) is 0 Å². The first-order valence-electron chi connectivity index (χ1n) is 11.3. The maximum atomic E-state index is 11.0. The number of hydrogen-bond acceptors (Lipinski definition) is 6. The van der Waals surface area contributed by atoms with Crippen LogP contribution in [0.15, 0.2) is 42.5 Å². The summed E-state index contributed by atoms with van der Waals surface area (Å²) in [6.45, 7) is 0. The molecule has 0 fully saturated rings. The summed E-state index contributed by atoms with van der Waals surface area (Å²) in [6.07, 6.45) is 2.88. The summed E-state index contributed by atoms with van der Waals surface area (Å²) in [5.41, 5.74) is 3.32. The van der Waals surface area contributed by atoms with Gasteiger partial charge in [0.15, 0.2) is 11.4 Å². The van der Waals surface area contributed by atoms with Crippen molar-refractivity contribution >= 4 is 46.7 Å². The van der Waals surface area contributed by atoms with E-state index in [0.717, 1.165) is 24.0 Å². The first-order valence-corrected chi connectivity index (χ1v) is 12.4. The van der Waals surface area contributed by atoms with E-state index in [2.05, 4.69) is 20.6 Å². The molecule has 2 aromatic carbocycles. The molecule has 4 aromatic rings. The molecule has 2 aliphatic rings. The fraction of sp³-hybridized carbons (Fsp3) is 0.250. The Labute approximate surface area is 225 Å². The van der Waals surface area contributed by atoms with Crippen molar-refractivity contribution in [3.63, 3.8) is 0 Å². The number of aromatic carboxylic acids is 2. The minimum Gasteiger partial charge on any atom is -0.476 e. The second-order valence-corrected chi connectivity index (χ2v) is 9.79. The summed E-state index contributed by atoms with van der Waals surface area (Å²) in [5, 5.41) is 35.0. The highest BCUT2D eigenvalue weighted by atomic mass is 35.5. The number of halogens is 3. The highest BCUT2D eigenvalue weighted by Gasteiger charge is 2.32. The predicted molar refractivity (Wildman–Crippen MR) is 135 cm³/mol. The lowest BCUT2D eigenvalue weighted by molar-refractivity contribution is 0.0678. The monoisotopic (exact) mass is 560 g/mol. The molecule has 10 nitrogen and oxygen atoms in total. The average molecular weight is 562 g/mol. The molecule has 6 rings (SSSR count). The summed E-state index contributed by atoms with van der Waals surface area (Å²) >= 11 is 18.1. The van der Waals surface area contributed by atoms with Gasteiger partial charge in [0, 0.05) is 5.02 Å². The van der Waals surface area contributed by atoms with E-state index < -0.39 is 11.9 Å². The first kappa shape index (κ1) is 25.2. The molecule has 2 N–H and O–H groups in total. The third-order valence-corrected chi connectivity index (χ3v) is 7.56. The minimum absolute atomic E-state index is 0.0192. The Kier molecular flexibility index (Phi) is 6.89. The summed E-state index contributed by atoms with van der Waals surface area (Å²) in [6, 6.07) is 12.9. The van der Waals surface area contributed by atoms with Crippen LogP contribution in [0.5, 0.6) is 0 Å². The second-order valence-electron chi connectivity index (χ2n) is 8.57. The zero-order chi connectivity index (χ0) is 26.3. The van der Waals surface area contributed by atoms with E-state index in [1.54, 1.807) is 21.5 Å². The Bertz CT molecular complexity index is 1520. The van der Waals surface area contributed by atoms with Gasteiger partial charge in [-0.05, 0) is 55.0 Å². The Morgan fingerprint density at radius 1 is 0.757 bits per heavy atom. The number of aromatic nitrogens is 6. The maximum Gasteiger partial charge on any atom is 0.358 e. The normalized spacial score (nSPS) is 17.6. The molecule has 2 aliphatic heterocycles. The van der Waals surface area contributed by atoms with Gasteiger partial charge in [0.25, 0.3) is 0 Å². The van der Waals surface area contributed by atoms with Gasteiger partial charge < -0.3 is 10.2 Å². The van der Waals surface area contributed by atoms with Crippen molar-refractivity contribution in [3.05, 3.63) is 91.4 Å². The molecule has 0 spiro atoms. The van der Waals surface area contributed by atoms with Gasteiger partial charge in [-0.2, -0.15) is 0 Å². The van der Waals surface area contributed by atoms with Gasteiger partial charge in [-0.1, -0.05) is 69.5 Å². The largest absolute Gasteiger partial charge is 0.476 e. The average Bonchev–Trinajstić information content (AvgIpc) is 3.63. The molecule has 190 valence electrons. The van der Waals surface area contributed by atoms with Crippen molar-refractivity contribution in [2.45, 2.75) is 37.8 Å². The summed E-state index contributed by atoms with van der Waals surface area (Å²) in [5.74, 6) is -2.08. The van der Waals surface area contributed by atoms with Gasteiger partial charge in [0.05, 0.1) is 33.5 Å². The van der Waals surface area contributed by atoms with Crippen LogP contribution >= 0.6 is 34.8 Å². The second kappa shape index (κ2) is 10.1. The maximum absolute atomic E-state index is 11.0. The van der Waals surface area contributed by atoms with Crippen LogP contribution in [0.3, 0.4) is 0 Å². The van der Waals surface area contributed by atoms with Crippen LogP contribution in [-0.2, 0) is 12.8 Å². The third-order valence-electron chi connectivity index (χ3n) is 6.48. The lowest BCUT2D eigenvalue weighted by atomic mass is 10.0. The minimum atomic E-state index is -1.05. The zero-order valence-corrected chi connectivity index (χ0v) is 21.3. The zero-order valence-electron chi connectivity index (χ0n) is 19.1. The fourth-order valence-electron chi connectivity index (χ4n) is 4.78. The van der Waals surface area contributed by atoms with Crippen molar-refractivity contribution in [2.24, 2.45) is 0 Å². The Morgan fingerprint density at radius 3 is 1.89 bits per heavy atom. The van der Waals surface area contributed by atoms with E-state index in [9.17, 15) is 9.59 Å². The number of hydrogen-bond donors (Lipinski definition) is 2. The Morgan fingerprint density at radius 2 is 1.32 bits per heavy atom. The molecule has 0 aliphatic carbocycles. The van der Waals surface area contributed by atoms with E-state index in [1.165, 1.54) is 0 Å². The van der Waals surface area contributed by atoms with Gasteiger partial charge in [-0.25, -0.2) is 19.0 Å². The van der Waals surface area contributed by atoms with Crippen molar-refractivity contribution in [1.82, 2.24) is 30.0 Å². The lowest BCUT2D eigenvalue weighted by Crippen LogP contribution is -2.08. The van der Waals surface area contributed by atoms with Crippen LogP contribution in [0.25, 0.3) is 0 Å². The number of carbonyl (C=O) groups is 2. The van der Waals surface area contributed by atoms with E-state index in [4.69, 9.17) is 45.0 Å². The van der Waals surface area contributed by atoms with Crippen LogP contribution in [0.2, 0.25) is 15.1 Å². The van der Waals surface area contributed by atoms with Crippen molar-refractivity contribution in [1.29, 1.82) is 0 Å². The number of nitrogens with zero attached hydrogens (tertiary/aromatic N) is 6. The molecule has 0 saturated carbocycles. The van der Waals surface area contributed by atoms with Crippen LogP contribution < -0.4 is 0 Å². The van der Waals surface area contributed by atoms with E-state index in [0.29, 0.717) is 39.3 Å². The smallest absolute Gasteiger partial charge is 0.358 e. The number of benzene rings is 2. The molecule has 2 aromatic heterocycles. The third kappa shape index (κ3) is 4.68. The lowest BCUT2D eigenvalue weighted by Gasteiger charge is -2.12. The highest BCUT2D eigenvalue weighted by molar-refractivity contribution is 6.42. The predicted octanol–water partition coefficient (Wildman–Crippen LogP) is 4.98. The fourth-order valence-corrected chi connectivity index (χ4v) is 5.35. The first-order chi connectivity index (χ1) is 17.8. The van der Waals surface area contributed by atoms with Gasteiger partial charge >= 0.3 is 11.9 Å². The molecule has 0 bridgehead atoms. The number of carboxylic acids is 2. The molecule has 2 unspecified atom stereocenters. The Hall–Kier alpha value is -3.47. The number of carboxylic acid groups (broad SMARTS) is 2. The molecule has 4 heterocycles. The van der Waals surface area contributed by atoms with Gasteiger partial charge in [-0.15, -0.1) is 10.2 Å². The van der Waals surface area contributed by atoms with E-state index >= 15 is 0 Å². The number of rotatable bonds is 4. The summed E-state index contributed by atoms with van der Waals surface area (Å²) < 4.78 is 3.33. The van der Waals surface area contributed by atoms with Crippen molar-refractivity contribution < 1.29 is 19.8 Å². The molecule has 37 heavy (non-hydrogen) atoms. The summed E-state index contributed by atoms with van der Waals surface area (Å²) in [7, 11) is 0. The quantitative estimate of drug-likeness (QED) is 0.356. The molecule has 0 saturated heterocycles. The summed E-state index contributed by atoms with van der Waals surface area (Å²) in [4.78, 5) is 22.0. The van der Waals surface area contributed by atoms with Crippen molar-refractivity contribution in [2.75, 3.05) is 0 Å². The van der Waals surface area contributed by atoms with Crippen LogP contribution in [0.1, 0.15) is 68.4 Å². The van der Waals surface area contributed by atoms with Crippen molar-refractivity contribution in [3.8, 4) is 0 Å². The standard InChI is InChI=1S/C12H9Cl2N3O2.C12H10ClN3O2/c13-7-2-1-6(5-8(7)14)9-3-4-10-11(12(18)19)15-16-17(9)10;13-8-4-2-1-3-7(8)9-5-6-10-11(12(17)18)14-15-16(9)10/h1-2,5,9H,3-4H2,(H,18,19);1-4,9H,5-6H2,(H,17,18). The number of fused-ring (bicyclic) bond motifs is 2. The van der Waals surface area contributed by atoms with Crippen LogP contribution in [-0.4, -0.2) is 52.1 Å². The van der Waals surface area contributed by atoms with Crippen LogP contribution in [0, 0.1) is 0 Å². The highest BCUT2D eigenvalue weighted by Crippen LogP contribution is 2.36. The Balaban J connectivity index is 0.000000152.